The third kappa shape index (κ3) is 3.35. The maximum Gasteiger partial charge on any atom is 0.157 e. The Kier molecular flexibility index (Phi) is 4.75. The van der Waals surface area contributed by atoms with E-state index in [0.717, 1.165) is 11.3 Å². The van der Waals surface area contributed by atoms with Gasteiger partial charge >= 0.3 is 0 Å². The summed E-state index contributed by atoms with van der Waals surface area (Å²) >= 11 is 0. The Balaban J connectivity index is 1.52. The number of imidazole rings is 1. The number of aromatic amines is 1. The molecule has 0 unspecified atom stereocenters. The van der Waals surface area contributed by atoms with Gasteiger partial charge in [0.15, 0.2) is 11.4 Å². The molecule has 0 spiro atoms. The molecule has 4 aromatic rings. The van der Waals surface area contributed by atoms with Crippen LogP contribution < -0.4 is 15.4 Å². The third-order valence-corrected chi connectivity index (χ3v) is 5.19. The second-order valence-electron chi connectivity index (χ2n) is 7.13. The average Bonchev–Trinajstić information content (AvgIpc) is 3.44. The number of nitrogens with zero attached hydrogens (tertiary/aromatic N) is 5. The molecule has 1 aliphatic heterocycles. The molecule has 5 heterocycles. The number of hydrogen-bond acceptors (Lipinski definition) is 7. The molecule has 0 aliphatic carbocycles. The fourth-order valence-electron chi connectivity index (χ4n) is 3.62. The standard InChI is InChI=1S/C20H21FN8O/c1-30-17-7-19-23-11-16(29(19)28-20(17)12-8-24-25-9-12)14-3-2-4-18(26-14)27-15-10-22-6-5-13(15)21/h2-4,7-9,11,13,15,22H,5-6,10H2,1H3,(H,24,25)(H,26,27)/t13-,15-/m0/s1. The van der Waals surface area contributed by atoms with Crippen LogP contribution in [0.5, 0.6) is 5.75 Å². The molecule has 2 atom stereocenters. The van der Waals surface area contributed by atoms with E-state index in [1.165, 1.54) is 0 Å². The Bertz CT molecular complexity index is 1160. The fraction of sp³-hybridized carbons (Fsp3) is 0.300. The van der Waals surface area contributed by atoms with Gasteiger partial charge in [-0.2, -0.15) is 10.2 Å². The zero-order valence-corrected chi connectivity index (χ0v) is 16.3. The number of ether oxygens (including phenoxy) is 1. The number of piperidine rings is 1. The maximum absolute atomic E-state index is 14.2. The van der Waals surface area contributed by atoms with Gasteiger partial charge in [0.2, 0.25) is 0 Å². The first-order chi connectivity index (χ1) is 14.7. The Morgan fingerprint density at radius 2 is 2.23 bits per heavy atom. The highest BCUT2D eigenvalue weighted by Crippen LogP contribution is 2.30. The lowest BCUT2D eigenvalue weighted by Crippen LogP contribution is -2.46. The predicted molar refractivity (Wildman–Crippen MR) is 110 cm³/mol. The summed E-state index contributed by atoms with van der Waals surface area (Å²) < 4.78 is 21.4. The highest BCUT2D eigenvalue weighted by Gasteiger charge is 2.24. The van der Waals surface area contributed by atoms with E-state index >= 15 is 0 Å². The highest BCUT2D eigenvalue weighted by atomic mass is 19.1. The van der Waals surface area contributed by atoms with Crippen molar-refractivity contribution in [2.75, 3.05) is 25.5 Å². The van der Waals surface area contributed by atoms with E-state index < -0.39 is 6.17 Å². The van der Waals surface area contributed by atoms with Crippen LogP contribution in [0.1, 0.15) is 6.42 Å². The number of pyridine rings is 1. The predicted octanol–water partition coefficient (Wildman–Crippen LogP) is 2.30. The van der Waals surface area contributed by atoms with Crippen molar-refractivity contribution in [3.8, 4) is 28.4 Å². The number of rotatable bonds is 5. The van der Waals surface area contributed by atoms with Crippen molar-refractivity contribution in [3.63, 3.8) is 0 Å². The summed E-state index contributed by atoms with van der Waals surface area (Å²) in [6.07, 6.45) is 4.74. The molecule has 3 N–H and O–H groups in total. The van der Waals surface area contributed by atoms with Gasteiger partial charge < -0.3 is 15.4 Å². The summed E-state index contributed by atoms with van der Waals surface area (Å²) in [6.45, 7) is 1.26. The molecule has 0 saturated carbocycles. The maximum atomic E-state index is 14.2. The van der Waals surface area contributed by atoms with Crippen LogP contribution >= 0.6 is 0 Å². The van der Waals surface area contributed by atoms with Crippen LogP contribution in [0.4, 0.5) is 10.2 Å². The Morgan fingerprint density at radius 3 is 3.03 bits per heavy atom. The van der Waals surface area contributed by atoms with Crippen molar-refractivity contribution < 1.29 is 9.13 Å². The number of methoxy groups -OCH3 is 1. The molecule has 0 radical (unpaired) electrons. The summed E-state index contributed by atoms with van der Waals surface area (Å²) in [4.78, 5) is 9.12. The molecule has 154 valence electrons. The minimum Gasteiger partial charge on any atom is -0.494 e. The van der Waals surface area contributed by atoms with Crippen molar-refractivity contribution in [1.82, 2.24) is 35.1 Å². The van der Waals surface area contributed by atoms with E-state index in [1.54, 1.807) is 30.2 Å². The average molecular weight is 408 g/mol. The smallest absolute Gasteiger partial charge is 0.157 e. The molecular formula is C20H21FN8O. The van der Waals surface area contributed by atoms with Crippen LogP contribution in [0.25, 0.3) is 28.3 Å². The van der Waals surface area contributed by atoms with Crippen LogP contribution in [0.2, 0.25) is 0 Å². The SMILES string of the molecule is COc1cc2ncc(-c3cccc(N[C@H]4CNCC[C@@H]4F)n3)n2nc1-c1cn[nH]c1. The molecule has 5 rings (SSSR count). The van der Waals surface area contributed by atoms with Crippen LogP contribution in [-0.4, -0.2) is 62.2 Å². The van der Waals surface area contributed by atoms with Crippen molar-refractivity contribution in [2.45, 2.75) is 18.6 Å². The Hall–Kier alpha value is -3.53. The first-order valence-electron chi connectivity index (χ1n) is 9.73. The van der Waals surface area contributed by atoms with E-state index in [0.29, 0.717) is 48.1 Å². The summed E-state index contributed by atoms with van der Waals surface area (Å²) in [5, 5.41) is 17.9. The van der Waals surface area contributed by atoms with E-state index in [2.05, 4.69) is 30.8 Å². The van der Waals surface area contributed by atoms with Gasteiger partial charge in [0.25, 0.3) is 0 Å². The molecule has 1 saturated heterocycles. The minimum atomic E-state index is -0.904. The summed E-state index contributed by atoms with van der Waals surface area (Å²) in [7, 11) is 1.59. The van der Waals surface area contributed by atoms with E-state index in [4.69, 9.17) is 9.84 Å². The molecule has 0 amide bonds. The van der Waals surface area contributed by atoms with Crippen molar-refractivity contribution in [1.29, 1.82) is 0 Å². The lowest BCUT2D eigenvalue weighted by atomic mass is 10.1. The normalized spacial score (nSPS) is 19.1. The number of anilines is 1. The quantitative estimate of drug-likeness (QED) is 0.465. The second-order valence-corrected chi connectivity index (χ2v) is 7.13. The van der Waals surface area contributed by atoms with Gasteiger partial charge in [-0.25, -0.2) is 18.9 Å². The topological polar surface area (TPSA) is 105 Å². The highest BCUT2D eigenvalue weighted by molar-refractivity contribution is 5.69. The zero-order chi connectivity index (χ0) is 20.5. The largest absolute Gasteiger partial charge is 0.494 e. The van der Waals surface area contributed by atoms with Crippen LogP contribution in [0, 0.1) is 0 Å². The van der Waals surface area contributed by atoms with Gasteiger partial charge in [-0.15, -0.1) is 0 Å². The van der Waals surface area contributed by atoms with E-state index in [-0.39, 0.29) is 6.04 Å². The van der Waals surface area contributed by atoms with Gasteiger partial charge in [-0.05, 0) is 25.1 Å². The molecule has 9 nitrogen and oxygen atoms in total. The molecule has 0 bridgehead atoms. The van der Waals surface area contributed by atoms with Crippen molar-refractivity contribution in [2.24, 2.45) is 0 Å². The molecule has 4 aromatic heterocycles. The molecule has 0 aromatic carbocycles. The summed E-state index contributed by atoms with van der Waals surface area (Å²) in [5.41, 5.74) is 3.48. The van der Waals surface area contributed by atoms with Gasteiger partial charge in [-0.3, -0.25) is 5.10 Å². The molecular weight excluding hydrogens is 387 g/mol. The first kappa shape index (κ1) is 18.5. The number of alkyl halides is 1. The van der Waals surface area contributed by atoms with Gasteiger partial charge in [0.1, 0.15) is 23.4 Å². The van der Waals surface area contributed by atoms with Gasteiger partial charge in [0.05, 0.1) is 31.2 Å². The Labute approximate surface area is 171 Å². The monoisotopic (exact) mass is 408 g/mol. The van der Waals surface area contributed by atoms with Gasteiger partial charge in [-0.1, -0.05) is 6.07 Å². The molecule has 1 aliphatic rings. The number of nitrogens with one attached hydrogen (secondary N) is 3. The molecule has 10 heteroatoms. The third-order valence-electron chi connectivity index (χ3n) is 5.19. The minimum absolute atomic E-state index is 0.307. The van der Waals surface area contributed by atoms with Gasteiger partial charge in [0, 0.05) is 24.4 Å². The lowest BCUT2D eigenvalue weighted by molar-refractivity contribution is 0.241. The zero-order valence-electron chi connectivity index (χ0n) is 16.3. The number of halogens is 1. The number of hydrogen-bond donors (Lipinski definition) is 3. The number of aromatic nitrogens is 6. The Morgan fingerprint density at radius 1 is 1.30 bits per heavy atom. The molecule has 30 heavy (non-hydrogen) atoms. The summed E-state index contributed by atoms with van der Waals surface area (Å²) in [5.74, 6) is 1.21. The number of fused-ring (bicyclic) bond motifs is 1. The van der Waals surface area contributed by atoms with E-state index in [9.17, 15) is 4.39 Å². The van der Waals surface area contributed by atoms with Crippen molar-refractivity contribution >= 4 is 11.5 Å². The van der Waals surface area contributed by atoms with E-state index in [1.807, 2.05) is 24.3 Å². The second kappa shape index (κ2) is 7.71. The van der Waals surface area contributed by atoms with Crippen LogP contribution in [-0.2, 0) is 0 Å². The summed E-state index contributed by atoms with van der Waals surface area (Å²) in [6, 6.07) is 7.11. The lowest BCUT2D eigenvalue weighted by Gasteiger charge is -2.28. The fourth-order valence-corrected chi connectivity index (χ4v) is 3.62. The van der Waals surface area contributed by atoms with Crippen LogP contribution in [0.15, 0.2) is 42.9 Å². The molecule has 1 fully saturated rings. The first-order valence-corrected chi connectivity index (χ1v) is 9.73. The van der Waals surface area contributed by atoms with Crippen LogP contribution in [0.3, 0.4) is 0 Å². The van der Waals surface area contributed by atoms with Crippen molar-refractivity contribution in [3.05, 3.63) is 42.9 Å². The number of H-pyrrole nitrogens is 1.